The molecule has 3 aromatic rings. The quantitative estimate of drug-likeness (QED) is 0.417. The van der Waals surface area contributed by atoms with E-state index in [-0.39, 0.29) is 5.04 Å². The van der Waals surface area contributed by atoms with Gasteiger partial charge < -0.3 is 4.74 Å². The summed E-state index contributed by atoms with van der Waals surface area (Å²) in [4.78, 5) is 13.3. The molecule has 1 unspecified atom stereocenters. The highest BCUT2D eigenvalue weighted by Crippen LogP contribution is 2.46. The Morgan fingerprint density at radius 1 is 1.00 bits per heavy atom. The van der Waals surface area contributed by atoms with Crippen molar-refractivity contribution in [2.75, 3.05) is 7.11 Å². The molecule has 3 aromatic carbocycles. The van der Waals surface area contributed by atoms with Crippen molar-refractivity contribution in [3.05, 3.63) is 101 Å². The van der Waals surface area contributed by atoms with E-state index in [0.29, 0.717) is 22.9 Å². The van der Waals surface area contributed by atoms with Crippen LogP contribution in [0.1, 0.15) is 32.4 Å². The van der Waals surface area contributed by atoms with Gasteiger partial charge in [0.1, 0.15) is 27.8 Å². The molecule has 0 radical (unpaired) electrons. The van der Waals surface area contributed by atoms with Gasteiger partial charge in [-0.15, -0.1) is 0 Å². The highest BCUT2D eigenvalue weighted by Gasteiger charge is 2.42. The monoisotopic (exact) mass is 478 g/mol. The van der Waals surface area contributed by atoms with E-state index in [1.807, 2.05) is 0 Å². The molecule has 0 fully saturated rings. The van der Waals surface area contributed by atoms with Crippen LogP contribution < -0.4 is 4.74 Å². The highest BCUT2D eigenvalue weighted by molar-refractivity contribution is 8.14. The Hall–Kier alpha value is -3.40. The molecule has 1 amide bonds. The number of hydrogen-bond donors (Lipinski definition) is 0. The molecule has 1 aliphatic heterocycles. The fraction of sp³-hybridized carbons (Fsp3) is 0.130. The fourth-order valence-electron chi connectivity index (χ4n) is 3.36. The van der Waals surface area contributed by atoms with Crippen LogP contribution in [0, 0.1) is 11.6 Å². The molecular weight excluding hydrogens is 463 g/mol. The van der Waals surface area contributed by atoms with Crippen LogP contribution in [0.3, 0.4) is 0 Å². The second-order valence-corrected chi connectivity index (χ2v) is 8.00. The van der Waals surface area contributed by atoms with Gasteiger partial charge in [-0.25, -0.2) is 13.8 Å². The molecule has 0 spiro atoms. The Labute approximate surface area is 189 Å². The van der Waals surface area contributed by atoms with Crippen LogP contribution in [0.25, 0.3) is 0 Å². The van der Waals surface area contributed by atoms with Gasteiger partial charge in [0.05, 0.1) is 18.2 Å². The minimum Gasteiger partial charge on any atom is -0.496 e. The SMILES string of the molecule is COc1ccccc1C1SC(c2ccc(F)cc2)=NN1C(=O)c1c(F)cccc1C(F)(F)F. The number of alkyl halides is 3. The molecule has 4 nitrogen and oxygen atoms in total. The number of halogens is 5. The molecule has 0 aromatic heterocycles. The third-order valence-corrected chi connectivity index (χ3v) is 6.10. The van der Waals surface area contributed by atoms with Crippen molar-refractivity contribution >= 4 is 22.7 Å². The Morgan fingerprint density at radius 2 is 1.70 bits per heavy atom. The van der Waals surface area contributed by atoms with Gasteiger partial charge in [0.2, 0.25) is 0 Å². The summed E-state index contributed by atoms with van der Waals surface area (Å²) in [6.45, 7) is 0. The lowest BCUT2D eigenvalue weighted by Gasteiger charge is -2.24. The first kappa shape index (κ1) is 22.8. The van der Waals surface area contributed by atoms with Crippen molar-refractivity contribution in [2.24, 2.45) is 5.10 Å². The van der Waals surface area contributed by atoms with Gasteiger partial charge in [-0.3, -0.25) is 4.79 Å². The Kier molecular flexibility index (Phi) is 6.11. The Bertz CT molecular complexity index is 1230. The van der Waals surface area contributed by atoms with Gasteiger partial charge in [0, 0.05) is 11.1 Å². The summed E-state index contributed by atoms with van der Waals surface area (Å²) in [5, 5.41) is 4.32. The number of ether oxygens (including phenoxy) is 1. The fourth-order valence-corrected chi connectivity index (χ4v) is 4.54. The van der Waals surface area contributed by atoms with Crippen molar-refractivity contribution in [1.82, 2.24) is 5.01 Å². The maximum Gasteiger partial charge on any atom is 0.417 e. The first-order chi connectivity index (χ1) is 15.7. The average molecular weight is 478 g/mol. The smallest absolute Gasteiger partial charge is 0.417 e. The molecular formula is C23H15F5N2O2S. The van der Waals surface area contributed by atoms with Crippen molar-refractivity contribution < 1.29 is 31.5 Å². The maximum atomic E-state index is 14.6. The summed E-state index contributed by atoms with van der Waals surface area (Å²) in [6, 6.07) is 14.2. The van der Waals surface area contributed by atoms with Crippen molar-refractivity contribution in [1.29, 1.82) is 0 Å². The number of hydrazone groups is 1. The molecule has 0 saturated carbocycles. The number of amides is 1. The third kappa shape index (κ3) is 4.43. The van der Waals surface area contributed by atoms with Crippen LogP contribution >= 0.6 is 11.8 Å². The first-order valence-electron chi connectivity index (χ1n) is 9.54. The minimum absolute atomic E-state index is 0.254. The lowest BCUT2D eigenvalue weighted by atomic mass is 10.0. The van der Waals surface area contributed by atoms with Crippen molar-refractivity contribution in [3.8, 4) is 5.75 Å². The zero-order chi connectivity index (χ0) is 23.8. The first-order valence-corrected chi connectivity index (χ1v) is 10.4. The van der Waals surface area contributed by atoms with Crippen LogP contribution in [0.5, 0.6) is 5.75 Å². The lowest BCUT2D eigenvalue weighted by Crippen LogP contribution is -2.29. The highest BCUT2D eigenvalue weighted by atomic mass is 32.2. The average Bonchev–Trinajstić information content (AvgIpc) is 3.23. The molecule has 1 aliphatic rings. The number of carbonyl (C=O) groups excluding carboxylic acids is 1. The molecule has 0 saturated heterocycles. The van der Waals surface area contributed by atoms with E-state index in [2.05, 4.69) is 5.10 Å². The largest absolute Gasteiger partial charge is 0.496 e. The molecule has 1 atom stereocenters. The molecule has 10 heteroatoms. The number of thioether (sulfide) groups is 1. The number of rotatable bonds is 4. The standard InChI is InChI=1S/C23H15F5N2O2S/c1-32-18-8-3-2-5-15(18)22-30(29-20(33-22)13-9-11-14(24)12-10-13)21(31)19-16(23(26,27)28)6-4-7-17(19)25/h2-12,22H,1H3. The molecule has 4 rings (SSSR count). The molecule has 0 N–H and O–H groups in total. The predicted molar refractivity (Wildman–Crippen MR) is 114 cm³/mol. The predicted octanol–water partition coefficient (Wildman–Crippen LogP) is 6.24. The number of carbonyl (C=O) groups is 1. The summed E-state index contributed by atoms with van der Waals surface area (Å²) in [5.74, 6) is -2.70. The van der Waals surface area contributed by atoms with E-state index in [0.717, 1.165) is 28.9 Å². The van der Waals surface area contributed by atoms with Crippen molar-refractivity contribution in [3.63, 3.8) is 0 Å². The lowest BCUT2D eigenvalue weighted by molar-refractivity contribution is -0.138. The van der Waals surface area contributed by atoms with Crippen molar-refractivity contribution in [2.45, 2.75) is 11.6 Å². The molecule has 0 bridgehead atoms. The van der Waals surface area contributed by atoms with Crippen LogP contribution in [-0.4, -0.2) is 23.1 Å². The van der Waals surface area contributed by atoms with Crippen LogP contribution in [-0.2, 0) is 6.18 Å². The zero-order valence-electron chi connectivity index (χ0n) is 16.9. The van der Waals surface area contributed by atoms with E-state index in [1.54, 1.807) is 24.3 Å². The van der Waals surface area contributed by atoms with Gasteiger partial charge >= 0.3 is 6.18 Å². The summed E-state index contributed by atoms with van der Waals surface area (Å²) in [5.41, 5.74) is -1.64. The molecule has 1 heterocycles. The van der Waals surface area contributed by atoms with Crippen LogP contribution in [0.15, 0.2) is 71.8 Å². The Balaban J connectivity index is 1.85. The number of benzene rings is 3. The number of hydrogen-bond acceptors (Lipinski definition) is 4. The topological polar surface area (TPSA) is 41.9 Å². The Morgan fingerprint density at radius 3 is 2.36 bits per heavy atom. The van der Waals surface area contributed by atoms with E-state index in [4.69, 9.17) is 4.74 Å². The number of methoxy groups -OCH3 is 1. The normalized spacial score (nSPS) is 16.0. The van der Waals surface area contributed by atoms with E-state index < -0.39 is 40.2 Å². The second-order valence-electron chi connectivity index (χ2n) is 6.93. The van der Waals surface area contributed by atoms with E-state index in [1.165, 1.54) is 31.4 Å². The maximum absolute atomic E-state index is 14.6. The number of nitrogens with zero attached hydrogens (tertiary/aromatic N) is 2. The number of para-hydroxylation sites is 1. The summed E-state index contributed by atoms with van der Waals surface area (Å²) in [7, 11) is 1.41. The van der Waals surface area contributed by atoms with Crippen LogP contribution in [0.2, 0.25) is 0 Å². The zero-order valence-corrected chi connectivity index (χ0v) is 17.8. The third-order valence-electron chi connectivity index (χ3n) is 4.88. The van der Waals surface area contributed by atoms with Gasteiger partial charge in [0.25, 0.3) is 5.91 Å². The van der Waals surface area contributed by atoms with Crippen LogP contribution in [0.4, 0.5) is 22.0 Å². The molecule has 0 aliphatic carbocycles. The summed E-state index contributed by atoms with van der Waals surface area (Å²) in [6.07, 6.45) is -4.95. The van der Waals surface area contributed by atoms with Gasteiger partial charge in [-0.2, -0.15) is 18.3 Å². The molecule has 33 heavy (non-hydrogen) atoms. The van der Waals surface area contributed by atoms with Gasteiger partial charge in [-0.05, 0) is 42.5 Å². The van der Waals surface area contributed by atoms with Gasteiger partial charge in [-0.1, -0.05) is 36.0 Å². The van der Waals surface area contributed by atoms with E-state index in [9.17, 15) is 26.7 Å². The van der Waals surface area contributed by atoms with E-state index >= 15 is 0 Å². The molecule has 170 valence electrons. The summed E-state index contributed by atoms with van der Waals surface area (Å²) < 4.78 is 73.9. The summed E-state index contributed by atoms with van der Waals surface area (Å²) >= 11 is 1.05. The van der Waals surface area contributed by atoms with Gasteiger partial charge in [0.15, 0.2) is 0 Å². The minimum atomic E-state index is -4.95. The second kappa shape index (κ2) is 8.86.